The second kappa shape index (κ2) is 12.1. The van der Waals surface area contributed by atoms with Gasteiger partial charge in [0.15, 0.2) is 5.69 Å². The van der Waals surface area contributed by atoms with Crippen LogP contribution in [0.5, 0.6) is 5.75 Å². The number of hydrogen-bond acceptors (Lipinski definition) is 7. The standard InChI is InChI=1S/C31H34FN5O6/c1-36-24(17-34-30(36)40)23-15-22(32)8-7-21(23)16-33-27(38)25-26(43-18-20-5-3-2-4-6-20)28(39)37-11-14-42-19-31(29(37)35-25)9-12-41-13-10-31/h2-8,15,24H,9-14,16-19H2,1H3,(H,33,38)(H,34,40). The number of likely N-dealkylation sites (N-methyl/N-ethyl adjacent to an activating group) is 1. The van der Waals surface area contributed by atoms with Crippen LogP contribution in [-0.2, 0) is 34.6 Å². The summed E-state index contributed by atoms with van der Waals surface area (Å²) in [7, 11) is 1.64. The molecule has 0 aliphatic carbocycles. The van der Waals surface area contributed by atoms with Crippen LogP contribution < -0.4 is 20.9 Å². The van der Waals surface area contributed by atoms with E-state index in [1.54, 1.807) is 17.7 Å². The highest BCUT2D eigenvalue weighted by atomic mass is 19.1. The molecule has 2 N–H and O–H groups in total. The number of carbonyl (C=O) groups excluding carboxylic acids is 2. The van der Waals surface area contributed by atoms with Crippen LogP contribution in [0.3, 0.4) is 0 Å². The van der Waals surface area contributed by atoms with E-state index in [2.05, 4.69) is 10.6 Å². The highest BCUT2D eigenvalue weighted by Gasteiger charge is 2.42. The fraction of sp³-hybridized carbons (Fsp3) is 0.419. The first-order chi connectivity index (χ1) is 20.9. The zero-order valence-corrected chi connectivity index (χ0v) is 23.9. The predicted molar refractivity (Wildman–Crippen MR) is 153 cm³/mol. The molecule has 1 unspecified atom stereocenters. The molecule has 0 radical (unpaired) electrons. The number of urea groups is 1. The summed E-state index contributed by atoms with van der Waals surface area (Å²) in [4.78, 5) is 46.3. The Bertz CT molecular complexity index is 1570. The van der Waals surface area contributed by atoms with Gasteiger partial charge in [0.1, 0.15) is 18.2 Å². The molecule has 0 bridgehead atoms. The summed E-state index contributed by atoms with van der Waals surface area (Å²) < 4.78 is 33.4. The van der Waals surface area contributed by atoms with E-state index in [0.29, 0.717) is 62.8 Å². The summed E-state index contributed by atoms with van der Waals surface area (Å²) in [5.74, 6) is -0.687. The Morgan fingerprint density at radius 1 is 1.14 bits per heavy atom. The molecular weight excluding hydrogens is 557 g/mol. The summed E-state index contributed by atoms with van der Waals surface area (Å²) >= 11 is 0. The monoisotopic (exact) mass is 591 g/mol. The van der Waals surface area contributed by atoms with Gasteiger partial charge < -0.3 is 29.7 Å². The summed E-state index contributed by atoms with van der Waals surface area (Å²) in [6, 6.07) is 13.0. The average Bonchev–Trinajstić information content (AvgIpc) is 3.25. The Kier molecular flexibility index (Phi) is 8.13. The number of benzene rings is 2. The fourth-order valence-electron chi connectivity index (χ4n) is 5.98. The maximum atomic E-state index is 14.3. The van der Waals surface area contributed by atoms with Gasteiger partial charge in [0, 0.05) is 33.4 Å². The van der Waals surface area contributed by atoms with Crippen molar-refractivity contribution in [3.63, 3.8) is 0 Å². The van der Waals surface area contributed by atoms with E-state index in [-0.39, 0.29) is 37.2 Å². The molecule has 2 aromatic carbocycles. The zero-order valence-electron chi connectivity index (χ0n) is 23.9. The third-order valence-electron chi connectivity index (χ3n) is 8.47. The van der Waals surface area contributed by atoms with Gasteiger partial charge in [-0.2, -0.15) is 0 Å². The van der Waals surface area contributed by atoms with Crippen molar-refractivity contribution in [2.45, 2.75) is 44.0 Å². The number of nitrogens with one attached hydrogen (secondary N) is 2. The molecule has 6 rings (SSSR count). The first kappa shape index (κ1) is 28.8. The molecule has 0 saturated carbocycles. The average molecular weight is 592 g/mol. The van der Waals surface area contributed by atoms with Gasteiger partial charge in [-0.1, -0.05) is 36.4 Å². The lowest BCUT2D eigenvalue weighted by Crippen LogP contribution is -2.43. The van der Waals surface area contributed by atoms with Crippen LogP contribution in [0.25, 0.3) is 0 Å². The molecule has 1 aromatic heterocycles. The second-order valence-electron chi connectivity index (χ2n) is 11.1. The Morgan fingerprint density at radius 2 is 1.93 bits per heavy atom. The predicted octanol–water partition coefficient (Wildman–Crippen LogP) is 2.67. The van der Waals surface area contributed by atoms with Crippen LogP contribution in [0, 0.1) is 5.82 Å². The van der Waals surface area contributed by atoms with Crippen molar-refractivity contribution in [3.8, 4) is 5.75 Å². The number of halogens is 1. The van der Waals surface area contributed by atoms with Crippen LogP contribution >= 0.6 is 0 Å². The Balaban J connectivity index is 1.36. The van der Waals surface area contributed by atoms with Crippen molar-refractivity contribution in [3.05, 3.63) is 92.9 Å². The lowest BCUT2D eigenvalue weighted by atomic mass is 9.80. The van der Waals surface area contributed by atoms with E-state index < -0.39 is 28.7 Å². The highest BCUT2D eigenvalue weighted by Crippen LogP contribution is 2.36. The SMILES string of the molecule is CN1C(=O)NCC1c1cc(F)ccc1CNC(=O)c1nc2n(c(=O)c1OCc1ccccc1)CCOCC21CCOCC1. The topological polar surface area (TPSA) is 124 Å². The van der Waals surface area contributed by atoms with E-state index in [0.717, 1.165) is 5.56 Å². The van der Waals surface area contributed by atoms with Crippen molar-refractivity contribution < 1.29 is 28.2 Å². The molecule has 226 valence electrons. The molecule has 3 aliphatic rings. The first-order valence-corrected chi connectivity index (χ1v) is 14.4. The number of carbonyl (C=O) groups is 2. The van der Waals surface area contributed by atoms with Crippen molar-refractivity contribution in [2.75, 3.05) is 40.0 Å². The normalized spacial score (nSPS) is 19.4. The first-order valence-electron chi connectivity index (χ1n) is 14.4. The van der Waals surface area contributed by atoms with Gasteiger partial charge >= 0.3 is 6.03 Å². The van der Waals surface area contributed by atoms with Gasteiger partial charge in [-0.05, 0) is 41.7 Å². The second-order valence-corrected chi connectivity index (χ2v) is 11.1. The van der Waals surface area contributed by atoms with Gasteiger partial charge in [0.25, 0.3) is 11.5 Å². The third-order valence-corrected chi connectivity index (χ3v) is 8.47. The van der Waals surface area contributed by atoms with Crippen molar-refractivity contribution in [1.82, 2.24) is 25.1 Å². The minimum absolute atomic E-state index is 0.0211. The Hall–Kier alpha value is -4.29. The van der Waals surface area contributed by atoms with Crippen LogP contribution in [0.4, 0.5) is 9.18 Å². The fourth-order valence-corrected chi connectivity index (χ4v) is 5.98. The van der Waals surface area contributed by atoms with Gasteiger partial charge in [-0.15, -0.1) is 0 Å². The largest absolute Gasteiger partial charge is 0.481 e. The van der Waals surface area contributed by atoms with Gasteiger partial charge in [0.2, 0.25) is 5.75 Å². The molecule has 1 atom stereocenters. The van der Waals surface area contributed by atoms with E-state index >= 15 is 0 Å². The molecule has 4 heterocycles. The lowest BCUT2D eigenvalue weighted by Gasteiger charge is -2.36. The van der Waals surface area contributed by atoms with E-state index in [1.165, 1.54) is 17.0 Å². The molecule has 2 fully saturated rings. The summed E-state index contributed by atoms with van der Waals surface area (Å²) in [5.41, 5.74) is 0.917. The number of fused-ring (bicyclic) bond motifs is 2. The van der Waals surface area contributed by atoms with Crippen LogP contribution in [0.1, 0.15) is 51.9 Å². The molecule has 3 amide bonds. The zero-order chi connectivity index (χ0) is 30.0. The number of hydrogen-bond donors (Lipinski definition) is 2. The molecule has 43 heavy (non-hydrogen) atoms. The van der Waals surface area contributed by atoms with Crippen molar-refractivity contribution in [2.24, 2.45) is 0 Å². The van der Waals surface area contributed by atoms with Crippen molar-refractivity contribution in [1.29, 1.82) is 0 Å². The van der Waals surface area contributed by atoms with E-state index in [1.807, 2.05) is 30.3 Å². The number of rotatable bonds is 7. The van der Waals surface area contributed by atoms with Gasteiger partial charge in [-0.3, -0.25) is 14.2 Å². The Labute approximate surface area is 248 Å². The van der Waals surface area contributed by atoms with Gasteiger partial charge in [0.05, 0.1) is 31.2 Å². The summed E-state index contributed by atoms with van der Waals surface area (Å²) in [5, 5.41) is 5.63. The molecule has 11 nitrogen and oxygen atoms in total. The van der Waals surface area contributed by atoms with Crippen molar-refractivity contribution >= 4 is 11.9 Å². The molecular formula is C31H34FN5O6. The quantitative estimate of drug-likeness (QED) is 0.433. The minimum Gasteiger partial charge on any atom is -0.481 e. The maximum Gasteiger partial charge on any atom is 0.317 e. The molecule has 1 spiro atoms. The molecule has 12 heteroatoms. The minimum atomic E-state index is -0.597. The van der Waals surface area contributed by atoms with Crippen LogP contribution in [0.2, 0.25) is 0 Å². The smallest absolute Gasteiger partial charge is 0.317 e. The number of nitrogens with zero attached hydrogens (tertiary/aromatic N) is 3. The number of ether oxygens (including phenoxy) is 3. The third kappa shape index (κ3) is 5.72. The van der Waals surface area contributed by atoms with E-state index in [4.69, 9.17) is 19.2 Å². The lowest BCUT2D eigenvalue weighted by molar-refractivity contribution is 0.00412. The van der Waals surface area contributed by atoms with E-state index in [9.17, 15) is 18.8 Å². The summed E-state index contributed by atoms with van der Waals surface area (Å²) in [6.45, 7) is 2.38. The Morgan fingerprint density at radius 3 is 2.67 bits per heavy atom. The molecule has 3 aromatic rings. The van der Waals surface area contributed by atoms with Gasteiger partial charge in [-0.25, -0.2) is 14.2 Å². The summed E-state index contributed by atoms with van der Waals surface area (Å²) in [6.07, 6.45) is 1.20. The maximum absolute atomic E-state index is 14.3. The molecule has 2 saturated heterocycles. The molecule has 3 aliphatic heterocycles. The van der Waals surface area contributed by atoms with Crippen LogP contribution in [0.15, 0.2) is 53.3 Å². The highest BCUT2D eigenvalue weighted by molar-refractivity contribution is 5.94. The van der Waals surface area contributed by atoms with Crippen LogP contribution in [-0.4, -0.2) is 66.4 Å². The number of amides is 3. The number of aromatic nitrogens is 2.